The second-order valence-electron chi connectivity index (χ2n) is 2.42. The second-order valence-corrected chi connectivity index (χ2v) is 2.42. The van der Waals surface area contributed by atoms with Crippen LogP contribution in [0.15, 0.2) is 0 Å². The average Bonchev–Trinajstić information content (AvgIpc) is 1.64. The normalized spacial score (nSPS) is 15.6. The molecule has 0 aromatic heterocycles. The van der Waals surface area contributed by atoms with E-state index in [-0.39, 0.29) is 55.6 Å². The monoisotopic (exact) mass is 156 g/mol. The Hall–Kier alpha value is 0.880. The Morgan fingerprint density at radius 3 is 2.20 bits per heavy atom. The minimum atomic E-state index is -0.962. The molecule has 0 radical (unpaired) electrons. The van der Waals surface area contributed by atoms with Gasteiger partial charge in [-0.1, -0.05) is 0 Å². The van der Waals surface area contributed by atoms with E-state index in [1.807, 2.05) is 0 Å². The van der Waals surface area contributed by atoms with Gasteiger partial charge in [0.2, 0.25) is 0 Å². The molecular formula is C6H13NaO3. The summed E-state index contributed by atoms with van der Waals surface area (Å²) in [6.45, 7) is 1.21. The molecule has 0 aliphatic carbocycles. The third kappa shape index (κ3) is 6.99. The summed E-state index contributed by atoms with van der Waals surface area (Å²) in [4.78, 5) is 0. The Labute approximate surface area is 83.4 Å². The molecule has 56 valence electrons. The van der Waals surface area contributed by atoms with Gasteiger partial charge in [0.15, 0.2) is 0 Å². The fourth-order valence-electron chi connectivity index (χ4n) is 0.586. The van der Waals surface area contributed by atoms with Crippen LogP contribution in [0.3, 0.4) is 0 Å². The zero-order valence-corrected chi connectivity index (χ0v) is 8.63. The van der Waals surface area contributed by atoms with Crippen molar-refractivity contribution in [2.24, 2.45) is 0 Å². The molecule has 2 N–H and O–H groups in total. The van der Waals surface area contributed by atoms with E-state index in [1.165, 1.54) is 0 Å². The van der Waals surface area contributed by atoms with E-state index in [0.717, 1.165) is 0 Å². The number of aliphatic hydroxyl groups is 2. The van der Waals surface area contributed by atoms with E-state index in [9.17, 15) is 5.11 Å². The topological polar surface area (TPSA) is 63.5 Å². The second kappa shape index (κ2) is 6.58. The summed E-state index contributed by atoms with van der Waals surface area (Å²) in [7, 11) is 0. The molecule has 0 fully saturated rings. The first-order chi connectivity index (χ1) is 4.12. The quantitative estimate of drug-likeness (QED) is 0.406. The molecule has 1 unspecified atom stereocenters. The maximum absolute atomic E-state index is 9.98. The van der Waals surface area contributed by atoms with Crippen LogP contribution in [-0.4, -0.2) is 29.0 Å². The predicted molar refractivity (Wildman–Crippen MR) is 31.8 cm³/mol. The molecule has 4 heteroatoms. The van der Waals surface area contributed by atoms with E-state index in [0.29, 0.717) is 0 Å². The van der Waals surface area contributed by atoms with E-state index < -0.39 is 5.60 Å². The molecule has 0 bridgehead atoms. The molecular weight excluding hydrogens is 143 g/mol. The van der Waals surface area contributed by atoms with Crippen molar-refractivity contribution in [3.8, 4) is 0 Å². The van der Waals surface area contributed by atoms with Crippen LogP contribution in [0.25, 0.3) is 0 Å². The van der Waals surface area contributed by atoms with Crippen LogP contribution in [0.1, 0.15) is 19.8 Å². The summed E-state index contributed by atoms with van der Waals surface area (Å²) < 4.78 is 0. The molecule has 0 heterocycles. The third-order valence-electron chi connectivity index (χ3n) is 1.29. The zero-order chi connectivity index (χ0) is 7.33. The largest absolute Gasteiger partial charge is 1.00 e. The smallest absolute Gasteiger partial charge is 0.854 e. The Kier molecular flexibility index (Phi) is 8.86. The van der Waals surface area contributed by atoms with Gasteiger partial charge in [-0.3, -0.25) is 0 Å². The van der Waals surface area contributed by atoms with Crippen molar-refractivity contribution >= 4 is 0 Å². The SMILES string of the molecule is CC(O)(CC[O-])CCO.[Na+]. The van der Waals surface area contributed by atoms with Gasteiger partial charge in [0.05, 0.1) is 5.60 Å². The Bertz CT molecular complexity index is 67.4. The maximum Gasteiger partial charge on any atom is 1.00 e. The predicted octanol–water partition coefficient (Wildman–Crippen LogP) is -4.13. The van der Waals surface area contributed by atoms with Gasteiger partial charge in [-0.25, -0.2) is 0 Å². The van der Waals surface area contributed by atoms with Crippen molar-refractivity contribution in [3.63, 3.8) is 0 Å². The molecule has 0 spiro atoms. The van der Waals surface area contributed by atoms with Crippen molar-refractivity contribution in [3.05, 3.63) is 0 Å². The fraction of sp³-hybridized carbons (Fsp3) is 1.00. The molecule has 0 aromatic rings. The minimum absolute atomic E-state index is 0. The standard InChI is InChI=1S/C6H13O3.Na/c1-6(9,2-4-7)3-5-8;/h7,9H,2-5H2,1H3;/q-1;+1. The van der Waals surface area contributed by atoms with Crippen LogP contribution < -0.4 is 34.7 Å². The summed E-state index contributed by atoms with van der Waals surface area (Å²) in [5.41, 5.74) is -0.962. The summed E-state index contributed by atoms with van der Waals surface area (Å²) in [6, 6.07) is 0. The van der Waals surface area contributed by atoms with Crippen molar-refractivity contribution in [1.29, 1.82) is 0 Å². The minimum Gasteiger partial charge on any atom is -0.854 e. The van der Waals surface area contributed by atoms with Crippen molar-refractivity contribution in [2.45, 2.75) is 25.4 Å². The van der Waals surface area contributed by atoms with E-state index in [1.54, 1.807) is 6.92 Å². The summed E-state index contributed by atoms with van der Waals surface area (Å²) in [6.07, 6.45) is 0.503. The van der Waals surface area contributed by atoms with Crippen LogP contribution in [0.2, 0.25) is 0 Å². The number of aliphatic hydroxyl groups excluding tert-OH is 1. The summed E-state index contributed by atoms with van der Waals surface area (Å²) in [5, 5.41) is 27.5. The summed E-state index contributed by atoms with van der Waals surface area (Å²) >= 11 is 0. The molecule has 0 rings (SSSR count). The van der Waals surface area contributed by atoms with Gasteiger partial charge >= 0.3 is 29.6 Å². The number of hydrogen-bond donors (Lipinski definition) is 2. The molecule has 0 amide bonds. The first-order valence-corrected chi connectivity index (χ1v) is 3.04. The van der Waals surface area contributed by atoms with Gasteiger partial charge < -0.3 is 15.3 Å². The van der Waals surface area contributed by atoms with Crippen LogP contribution in [0.5, 0.6) is 0 Å². The first kappa shape index (κ1) is 13.5. The van der Waals surface area contributed by atoms with Gasteiger partial charge in [-0.2, -0.15) is 0 Å². The molecule has 1 atom stereocenters. The molecule has 10 heavy (non-hydrogen) atoms. The maximum atomic E-state index is 9.98. The fourth-order valence-corrected chi connectivity index (χ4v) is 0.586. The van der Waals surface area contributed by atoms with Crippen LogP contribution >= 0.6 is 0 Å². The van der Waals surface area contributed by atoms with Gasteiger partial charge in [-0.05, 0) is 19.8 Å². The Morgan fingerprint density at radius 2 is 1.90 bits per heavy atom. The van der Waals surface area contributed by atoms with Crippen molar-refractivity contribution in [2.75, 3.05) is 13.2 Å². The Morgan fingerprint density at radius 1 is 1.40 bits per heavy atom. The first-order valence-electron chi connectivity index (χ1n) is 3.04. The molecule has 3 nitrogen and oxygen atoms in total. The molecule has 0 saturated heterocycles. The van der Waals surface area contributed by atoms with Gasteiger partial charge in [0, 0.05) is 6.61 Å². The molecule has 0 aliphatic heterocycles. The number of rotatable bonds is 4. The Balaban J connectivity index is 0. The van der Waals surface area contributed by atoms with Crippen molar-refractivity contribution < 1.29 is 44.9 Å². The molecule has 0 aliphatic rings. The molecule has 0 aromatic carbocycles. The third-order valence-corrected chi connectivity index (χ3v) is 1.29. The van der Waals surface area contributed by atoms with Gasteiger partial charge in [-0.15, -0.1) is 6.61 Å². The van der Waals surface area contributed by atoms with Gasteiger partial charge in [0.1, 0.15) is 0 Å². The summed E-state index contributed by atoms with van der Waals surface area (Å²) in [5.74, 6) is 0. The van der Waals surface area contributed by atoms with Crippen molar-refractivity contribution in [1.82, 2.24) is 0 Å². The van der Waals surface area contributed by atoms with Crippen LogP contribution in [0.4, 0.5) is 0 Å². The van der Waals surface area contributed by atoms with E-state index in [4.69, 9.17) is 10.2 Å². The number of hydrogen-bond acceptors (Lipinski definition) is 3. The zero-order valence-electron chi connectivity index (χ0n) is 6.63. The van der Waals surface area contributed by atoms with Crippen LogP contribution in [-0.2, 0) is 0 Å². The van der Waals surface area contributed by atoms with Crippen LogP contribution in [0, 0.1) is 0 Å². The average molecular weight is 156 g/mol. The van der Waals surface area contributed by atoms with E-state index >= 15 is 0 Å². The van der Waals surface area contributed by atoms with Gasteiger partial charge in [0.25, 0.3) is 0 Å². The molecule has 0 saturated carbocycles. The van der Waals surface area contributed by atoms with E-state index in [2.05, 4.69) is 0 Å².